The van der Waals surface area contributed by atoms with E-state index in [-0.39, 0.29) is 17.3 Å². The highest BCUT2D eigenvalue weighted by molar-refractivity contribution is 7.92. The first kappa shape index (κ1) is 16.6. The van der Waals surface area contributed by atoms with Gasteiger partial charge in [0.05, 0.1) is 5.75 Å². The molecule has 0 aliphatic heterocycles. The van der Waals surface area contributed by atoms with E-state index in [0.717, 1.165) is 11.8 Å². The van der Waals surface area contributed by atoms with Crippen molar-refractivity contribution in [3.63, 3.8) is 0 Å². The summed E-state index contributed by atoms with van der Waals surface area (Å²) in [6.45, 7) is 1.77. The van der Waals surface area contributed by atoms with Crippen molar-refractivity contribution in [2.75, 3.05) is 34.6 Å². The summed E-state index contributed by atoms with van der Waals surface area (Å²) in [5.41, 5.74) is 7.58. The number of benzene rings is 1. The van der Waals surface area contributed by atoms with Crippen LogP contribution in [-0.2, 0) is 25.4 Å². The number of sulfone groups is 1. The van der Waals surface area contributed by atoms with E-state index in [2.05, 4.69) is 5.32 Å². The van der Waals surface area contributed by atoms with Gasteiger partial charge in [0.2, 0.25) is 5.91 Å². The van der Waals surface area contributed by atoms with E-state index in [4.69, 9.17) is 5.73 Å². The predicted molar refractivity (Wildman–Crippen MR) is 81.8 cm³/mol. The number of nitrogen functional groups attached to an aromatic ring is 1. The van der Waals surface area contributed by atoms with Crippen LogP contribution in [0.25, 0.3) is 0 Å². The lowest BCUT2D eigenvalue weighted by molar-refractivity contribution is -0.113. The molecule has 0 saturated heterocycles. The van der Waals surface area contributed by atoms with Gasteiger partial charge in [-0.15, -0.1) is 0 Å². The zero-order valence-corrected chi connectivity index (χ0v) is 13.0. The van der Waals surface area contributed by atoms with Crippen LogP contribution in [0.1, 0.15) is 5.56 Å². The van der Waals surface area contributed by atoms with Crippen LogP contribution in [0.4, 0.5) is 11.4 Å². The number of carbonyl (C=O) groups excluding carboxylic acids is 1. The number of nitrogens with two attached hydrogens (primary N) is 1. The zero-order chi connectivity index (χ0) is 15.3. The lowest BCUT2D eigenvalue weighted by Crippen LogP contribution is -2.23. The van der Waals surface area contributed by atoms with Gasteiger partial charge in [0.15, 0.2) is 0 Å². The molecule has 0 aromatic heterocycles. The van der Waals surface area contributed by atoms with E-state index in [9.17, 15) is 17.4 Å². The second kappa shape index (κ2) is 6.85. The highest BCUT2D eigenvalue weighted by Gasteiger charge is 2.12. The van der Waals surface area contributed by atoms with Crippen LogP contribution in [-0.4, -0.2) is 42.0 Å². The molecule has 0 bridgehead atoms. The highest BCUT2D eigenvalue weighted by Crippen LogP contribution is 2.20. The number of amides is 1. The van der Waals surface area contributed by atoms with Gasteiger partial charge in [0.1, 0.15) is 15.6 Å². The van der Waals surface area contributed by atoms with Crippen LogP contribution in [0.15, 0.2) is 18.2 Å². The van der Waals surface area contributed by atoms with Crippen molar-refractivity contribution in [1.82, 2.24) is 0 Å². The van der Waals surface area contributed by atoms with E-state index in [1.807, 2.05) is 0 Å². The molecule has 1 amide bonds. The largest absolute Gasteiger partial charge is 0.398 e. The molecule has 8 heteroatoms. The van der Waals surface area contributed by atoms with Crippen LogP contribution < -0.4 is 11.1 Å². The van der Waals surface area contributed by atoms with E-state index in [1.165, 1.54) is 0 Å². The average molecular weight is 318 g/mol. The van der Waals surface area contributed by atoms with Crippen molar-refractivity contribution < 1.29 is 17.4 Å². The van der Waals surface area contributed by atoms with Crippen LogP contribution in [0.5, 0.6) is 0 Å². The van der Waals surface area contributed by atoms with Gasteiger partial charge in [-0.2, -0.15) is 0 Å². The number of nitrogens with one attached hydrogen (secondary N) is 1. The molecule has 0 aliphatic rings. The van der Waals surface area contributed by atoms with Gasteiger partial charge in [-0.05, 0) is 24.6 Å². The molecule has 20 heavy (non-hydrogen) atoms. The molecule has 3 N–H and O–H groups in total. The van der Waals surface area contributed by atoms with Crippen molar-refractivity contribution in [3.8, 4) is 0 Å². The molecule has 1 atom stereocenters. The Kier molecular flexibility index (Phi) is 5.70. The van der Waals surface area contributed by atoms with Crippen molar-refractivity contribution in [2.45, 2.75) is 6.92 Å². The number of carbonyl (C=O) groups is 1. The van der Waals surface area contributed by atoms with Crippen molar-refractivity contribution in [3.05, 3.63) is 23.8 Å². The number of hydrogen-bond acceptors (Lipinski definition) is 5. The Hall–Kier alpha value is -1.41. The molecule has 0 spiro atoms. The minimum atomic E-state index is -3.17. The summed E-state index contributed by atoms with van der Waals surface area (Å²) in [7, 11) is -4.67. The van der Waals surface area contributed by atoms with E-state index in [0.29, 0.717) is 11.4 Å². The molecule has 0 heterocycles. The third kappa shape index (κ3) is 5.70. The Morgan fingerprint density at radius 1 is 1.40 bits per heavy atom. The van der Waals surface area contributed by atoms with Gasteiger partial charge in [-0.25, -0.2) is 8.42 Å². The highest BCUT2D eigenvalue weighted by atomic mass is 32.2. The zero-order valence-electron chi connectivity index (χ0n) is 11.4. The monoisotopic (exact) mass is 318 g/mol. The Morgan fingerprint density at radius 2 is 2.05 bits per heavy atom. The molecular weight excluding hydrogens is 300 g/mol. The summed E-state index contributed by atoms with van der Waals surface area (Å²) < 4.78 is 33.5. The minimum absolute atomic E-state index is 0.0395. The first-order valence-corrected chi connectivity index (χ1v) is 9.41. The molecule has 0 saturated carbocycles. The molecule has 1 aromatic rings. The minimum Gasteiger partial charge on any atom is -0.398 e. The Bertz CT molecular complexity index is 626. The fraction of sp³-hybridized carbons (Fsp3) is 0.417. The van der Waals surface area contributed by atoms with Crippen LogP contribution >= 0.6 is 0 Å². The van der Waals surface area contributed by atoms with Crippen molar-refractivity contribution in [2.24, 2.45) is 0 Å². The fourth-order valence-corrected chi connectivity index (χ4v) is 3.90. The normalized spacial score (nSPS) is 12.9. The maximum Gasteiger partial charge on any atom is 0.236 e. The summed E-state index contributed by atoms with van der Waals surface area (Å²) >= 11 is 0. The van der Waals surface area contributed by atoms with E-state index in [1.54, 1.807) is 25.1 Å². The standard InChI is InChI=1S/C12H18N2O4S2/c1-9-10(13)4-3-5-11(9)14-12(15)8-19(16)6-7-20(2,17)18/h3-5H,6-8,13H2,1-2H3,(H,14,15). The SMILES string of the molecule is Cc1c(N)cccc1NC(=O)CS(=O)CCS(C)(=O)=O. The maximum absolute atomic E-state index is 11.7. The second-order valence-electron chi connectivity index (χ2n) is 4.49. The summed E-state index contributed by atoms with van der Waals surface area (Å²) in [5, 5.41) is 2.62. The first-order valence-electron chi connectivity index (χ1n) is 5.86. The van der Waals surface area contributed by atoms with Crippen LogP contribution in [0.2, 0.25) is 0 Å². The summed E-state index contributed by atoms with van der Waals surface area (Å²) in [6, 6.07) is 5.12. The predicted octanol–water partition coefficient (Wildman–Crippen LogP) is 0.309. The fourth-order valence-electron chi connectivity index (χ4n) is 1.44. The number of hydrogen-bond donors (Lipinski definition) is 2. The van der Waals surface area contributed by atoms with Gasteiger partial charge >= 0.3 is 0 Å². The molecular formula is C12H18N2O4S2. The van der Waals surface area contributed by atoms with E-state index >= 15 is 0 Å². The first-order chi connectivity index (χ1) is 9.19. The molecule has 1 rings (SSSR count). The number of rotatable bonds is 6. The lowest BCUT2D eigenvalue weighted by atomic mass is 10.1. The molecule has 1 aromatic carbocycles. The smallest absolute Gasteiger partial charge is 0.236 e. The van der Waals surface area contributed by atoms with Gasteiger partial charge < -0.3 is 11.1 Å². The van der Waals surface area contributed by atoms with Crippen LogP contribution in [0, 0.1) is 6.92 Å². The Morgan fingerprint density at radius 3 is 2.65 bits per heavy atom. The van der Waals surface area contributed by atoms with Gasteiger partial charge in [0.25, 0.3) is 0 Å². The number of anilines is 2. The Balaban J connectivity index is 2.56. The quantitative estimate of drug-likeness (QED) is 0.734. The average Bonchev–Trinajstić information content (AvgIpc) is 2.31. The summed E-state index contributed by atoms with van der Waals surface area (Å²) in [6.07, 6.45) is 1.07. The van der Waals surface area contributed by atoms with E-state index < -0.39 is 26.5 Å². The molecule has 1 unspecified atom stereocenters. The second-order valence-corrected chi connectivity index (χ2v) is 8.32. The Labute approximate surface area is 121 Å². The van der Waals surface area contributed by atoms with Crippen molar-refractivity contribution in [1.29, 1.82) is 0 Å². The third-order valence-electron chi connectivity index (χ3n) is 2.62. The van der Waals surface area contributed by atoms with Gasteiger partial charge in [-0.3, -0.25) is 9.00 Å². The summed E-state index contributed by atoms with van der Waals surface area (Å²) in [4.78, 5) is 11.7. The van der Waals surface area contributed by atoms with Crippen LogP contribution in [0.3, 0.4) is 0 Å². The molecule has 112 valence electrons. The molecule has 6 nitrogen and oxygen atoms in total. The molecule has 0 radical (unpaired) electrons. The molecule has 0 aliphatic carbocycles. The van der Waals surface area contributed by atoms with Gasteiger partial charge in [-0.1, -0.05) is 6.07 Å². The lowest BCUT2D eigenvalue weighted by Gasteiger charge is -2.09. The molecule has 0 fully saturated rings. The summed E-state index contributed by atoms with van der Waals surface area (Å²) in [5.74, 6) is -0.888. The van der Waals surface area contributed by atoms with Gasteiger partial charge in [0, 0.05) is 34.2 Å². The topological polar surface area (TPSA) is 106 Å². The maximum atomic E-state index is 11.7. The third-order valence-corrected chi connectivity index (χ3v) is 5.07. The van der Waals surface area contributed by atoms with Crippen molar-refractivity contribution >= 4 is 37.9 Å².